The summed E-state index contributed by atoms with van der Waals surface area (Å²) in [6, 6.07) is 8.02. The fraction of sp³-hybridized carbons (Fsp3) is 0.667. The molecular weight excluding hydrogens is 326 g/mol. The van der Waals surface area contributed by atoms with Gasteiger partial charge in [-0.1, -0.05) is 13.3 Å². The zero-order chi connectivity index (χ0) is 18.3. The molecule has 1 aromatic carbocycles. The van der Waals surface area contributed by atoms with Gasteiger partial charge in [-0.2, -0.15) is 0 Å². The molecule has 2 heterocycles. The van der Waals surface area contributed by atoms with Crippen molar-refractivity contribution in [3.8, 4) is 0 Å². The minimum absolute atomic E-state index is 0.0528. The van der Waals surface area contributed by atoms with Gasteiger partial charge in [-0.25, -0.2) is 0 Å². The molecule has 1 aliphatic carbocycles. The largest absolute Gasteiger partial charge is 0.387 e. The number of hydrogen-bond acceptors (Lipinski definition) is 4. The van der Waals surface area contributed by atoms with Crippen molar-refractivity contribution in [3.05, 3.63) is 29.8 Å². The third kappa shape index (κ3) is 3.12. The predicted octanol–water partition coefficient (Wildman–Crippen LogP) is 2.06. The first-order valence-electron chi connectivity index (χ1n) is 10.0. The highest BCUT2D eigenvalue weighted by Gasteiger charge is 2.51. The fourth-order valence-corrected chi connectivity index (χ4v) is 4.67. The third-order valence-corrected chi connectivity index (χ3v) is 6.87. The molecule has 5 heteroatoms. The van der Waals surface area contributed by atoms with Crippen molar-refractivity contribution < 1.29 is 9.90 Å². The second-order valence-electron chi connectivity index (χ2n) is 8.54. The summed E-state index contributed by atoms with van der Waals surface area (Å²) in [4.78, 5) is 19.5. The number of carbonyl (C=O) groups is 1. The van der Waals surface area contributed by atoms with Crippen LogP contribution in [-0.2, 0) is 0 Å². The van der Waals surface area contributed by atoms with Crippen molar-refractivity contribution in [2.75, 3.05) is 51.2 Å². The smallest absolute Gasteiger partial charge is 0.253 e. The van der Waals surface area contributed by atoms with Crippen LogP contribution in [0, 0.1) is 11.8 Å². The van der Waals surface area contributed by atoms with E-state index in [4.69, 9.17) is 0 Å². The van der Waals surface area contributed by atoms with Crippen LogP contribution in [0.15, 0.2) is 24.3 Å². The summed E-state index contributed by atoms with van der Waals surface area (Å²) in [6.07, 6.45) is 3.41. The average molecular weight is 357 g/mol. The van der Waals surface area contributed by atoms with Crippen molar-refractivity contribution >= 4 is 11.6 Å². The number of benzene rings is 1. The molecule has 142 valence electrons. The van der Waals surface area contributed by atoms with Crippen molar-refractivity contribution in [3.63, 3.8) is 0 Å². The molecule has 1 N–H and O–H groups in total. The Hall–Kier alpha value is -1.59. The summed E-state index contributed by atoms with van der Waals surface area (Å²) in [6.45, 7) is 7.44. The zero-order valence-corrected chi connectivity index (χ0v) is 16.0. The lowest BCUT2D eigenvalue weighted by Crippen LogP contribution is -2.48. The van der Waals surface area contributed by atoms with Gasteiger partial charge in [0, 0.05) is 49.9 Å². The van der Waals surface area contributed by atoms with Crippen LogP contribution in [0.5, 0.6) is 0 Å². The lowest BCUT2D eigenvalue weighted by Gasteiger charge is -2.41. The molecule has 0 bridgehead atoms. The van der Waals surface area contributed by atoms with Crippen molar-refractivity contribution in [1.82, 2.24) is 9.80 Å². The van der Waals surface area contributed by atoms with E-state index in [9.17, 15) is 9.90 Å². The first-order valence-corrected chi connectivity index (χ1v) is 10.0. The van der Waals surface area contributed by atoms with Crippen molar-refractivity contribution in [2.24, 2.45) is 11.8 Å². The lowest BCUT2D eigenvalue weighted by molar-refractivity contribution is -0.0660. The highest BCUT2D eigenvalue weighted by atomic mass is 16.3. The number of piperazine rings is 1. The van der Waals surface area contributed by atoms with Crippen LogP contribution >= 0.6 is 0 Å². The number of likely N-dealkylation sites (N-methyl/N-ethyl adjacent to an activating group) is 1. The van der Waals surface area contributed by atoms with E-state index in [0.717, 1.165) is 44.6 Å². The third-order valence-electron chi connectivity index (χ3n) is 6.87. The molecule has 2 aliphatic heterocycles. The van der Waals surface area contributed by atoms with Gasteiger partial charge in [0.05, 0.1) is 12.1 Å². The summed E-state index contributed by atoms with van der Waals surface area (Å²) < 4.78 is 0. The van der Waals surface area contributed by atoms with Gasteiger partial charge in [0.2, 0.25) is 0 Å². The van der Waals surface area contributed by atoms with E-state index in [1.54, 1.807) is 0 Å². The monoisotopic (exact) mass is 357 g/mol. The molecule has 5 nitrogen and oxygen atoms in total. The molecule has 3 aliphatic rings. The van der Waals surface area contributed by atoms with Crippen molar-refractivity contribution in [1.29, 1.82) is 0 Å². The molecule has 1 saturated carbocycles. The number of rotatable bonds is 3. The zero-order valence-electron chi connectivity index (χ0n) is 16.0. The molecule has 26 heavy (non-hydrogen) atoms. The number of carbonyl (C=O) groups excluding carboxylic acids is 1. The molecule has 0 spiro atoms. The summed E-state index contributed by atoms with van der Waals surface area (Å²) in [5, 5.41) is 11.1. The van der Waals surface area contributed by atoms with Crippen LogP contribution in [0.2, 0.25) is 0 Å². The Bertz CT molecular complexity index is 650. The minimum atomic E-state index is -0.687. The van der Waals surface area contributed by atoms with E-state index >= 15 is 0 Å². The number of nitrogens with zero attached hydrogens (tertiary/aromatic N) is 3. The van der Waals surface area contributed by atoms with Gasteiger partial charge < -0.3 is 19.8 Å². The predicted molar refractivity (Wildman–Crippen MR) is 104 cm³/mol. The molecule has 0 radical (unpaired) electrons. The first kappa shape index (κ1) is 17.8. The van der Waals surface area contributed by atoms with Gasteiger partial charge >= 0.3 is 0 Å². The normalized spacial score (nSPS) is 30.5. The maximum absolute atomic E-state index is 12.9. The second kappa shape index (κ2) is 6.86. The Morgan fingerprint density at radius 2 is 1.77 bits per heavy atom. The van der Waals surface area contributed by atoms with Crippen LogP contribution in [0.25, 0.3) is 0 Å². The number of amides is 1. The second-order valence-corrected chi connectivity index (χ2v) is 8.54. The van der Waals surface area contributed by atoms with Crippen LogP contribution in [-0.4, -0.2) is 72.7 Å². The number of hydrogen-bond donors (Lipinski definition) is 1. The topological polar surface area (TPSA) is 47.0 Å². The molecule has 2 atom stereocenters. The van der Waals surface area contributed by atoms with E-state index in [-0.39, 0.29) is 11.8 Å². The standard InChI is InChI=1S/C21H31N3O2/c1-16-14-24(15-21(16,26)18-4-3-5-18)20(25)17-6-8-19(9-7-17)23-12-10-22(2)11-13-23/h6-9,16,18,26H,3-5,10-15H2,1-2H3/t16-,21+/m1/s1. The maximum Gasteiger partial charge on any atom is 0.253 e. The summed E-state index contributed by atoms with van der Waals surface area (Å²) in [5.74, 6) is 0.577. The highest BCUT2D eigenvalue weighted by molar-refractivity contribution is 5.94. The van der Waals surface area contributed by atoms with Gasteiger partial charge in [-0.05, 0) is 50.1 Å². The number of β-amino-alcohol motifs (C(OH)–C–C–N with tert-alkyl or cyclic N) is 1. The number of anilines is 1. The van der Waals surface area contributed by atoms with Gasteiger partial charge in [-0.3, -0.25) is 4.79 Å². The molecule has 2 saturated heterocycles. The van der Waals surface area contributed by atoms with E-state index < -0.39 is 5.60 Å². The molecule has 1 amide bonds. The first-order chi connectivity index (χ1) is 12.5. The molecule has 0 unspecified atom stereocenters. The summed E-state index contributed by atoms with van der Waals surface area (Å²) in [5.41, 5.74) is 1.23. The van der Waals surface area contributed by atoms with E-state index in [2.05, 4.69) is 35.9 Å². The van der Waals surface area contributed by atoms with Gasteiger partial charge in [0.15, 0.2) is 0 Å². The molecule has 0 aromatic heterocycles. The van der Waals surface area contributed by atoms with Gasteiger partial charge in [0.25, 0.3) is 5.91 Å². The summed E-state index contributed by atoms with van der Waals surface area (Å²) in [7, 11) is 2.15. The van der Waals surface area contributed by atoms with Crippen molar-refractivity contribution in [2.45, 2.75) is 31.8 Å². The fourth-order valence-electron chi connectivity index (χ4n) is 4.67. The van der Waals surface area contributed by atoms with Crippen LogP contribution in [0.1, 0.15) is 36.5 Å². The Balaban J connectivity index is 1.42. The average Bonchev–Trinajstić information content (AvgIpc) is 2.89. The van der Waals surface area contributed by atoms with Crippen LogP contribution < -0.4 is 4.90 Å². The molecular formula is C21H31N3O2. The number of aliphatic hydroxyl groups is 1. The SMILES string of the molecule is C[C@@H]1CN(C(=O)c2ccc(N3CCN(C)CC3)cc2)C[C@@]1(O)C1CCC1. The van der Waals surface area contributed by atoms with E-state index in [1.165, 1.54) is 12.1 Å². The molecule has 4 rings (SSSR count). The Morgan fingerprint density at radius 3 is 2.35 bits per heavy atom. The number of likely N-dealkylation sites (tertiary alicyclic amines) is 1. The van der Waals surface area contributed by atoms with E-state index in [1.807, 2.05) is 17.0 Å². The quantitative estimate of drug-likeness (QED) is 0.900. The summed E-state index contributed by atoms with van der Waals surface area (Å²) >= 11 is 0. The van der Waals surface area contributed by atoms with Gasteiger partial charge in [0.1, 0.15) is 0 Å². The Kier molecular flexibility index (Phi) is 4.70. The van der Waals surface area contributed by atoms with Crippen LogP contribution in [0.3, 0.4) is 0 Å². The lowest BCUT2D eigenvalue weighted by atomic mass is 9.69. The maximum atomic E-state index is 12.9. The van der Waals surface area contributed by atoms with Crippen LogP contribution in [0.4, 0.5) is 5.69 Å². The minimum Gasteiger partial charge on any atom is -0.387 e. The van der Waals surface area contributed by atoms with E-state index in [0.29, 0.717) is 19.0 Å². The molecule has 1 aromatic rings. The van der Waals surface area contributed by atoms with Gasteiger partial charge in [-0.15, -0.1) is 0 Å². The Morgan fingerprint density at radius 1 is 1.12 bits per heavy atom. The Labute approximate surface area is 156 Å². The highest BCUT2D eigenvalue weighted by Crippen LogP contribution is 2.44. The molecule has 3 fully saturated rings.